The molecule has 0 unspecified atom stereocenters. The topological polar surface area (TPSA) is 38.8 Å². The number of nitrogens with zero attached hydrogens (tertiary/aromatic N) is 1. The molecular formula is C27H22BrCl2NO3S2. The molecule has 0 N–H and O–H groups in total. The highest BCUT2D eigenvalue weighted by Gasteiger charge is 2.33. The van der Waals surface area contributed by atoms with Gasteiger partial charge in [0.05, 0.1) is 31.7 Å². The Morgan fingerprint density at radius 3 is 2.50 bits per heavy atom. The highest BCUT2D eigenvalue weighted by molar-refractivity contribution is 9.10. The summed E-state index contributed by atoms with van der Waals surface area (Å²) < 4.78 is 13.1. The van der Waals surface area contributed by atoms with Crippen LogP contribution >= 0.6 is 63.1 Å². The second kappa shape index (κ2) is 11.6. The SMILES string of the molecule is CCOc1cc(C=C2SC(=S)N(c3ccc(C)c(C)c3)C2=O)cc(Br)c1OCc1ccc(Cl)c(Cl)c1. The summed E-state index contributed by atoms with van der Waals surface area (Å²) in [6, 6.07) is 15.0. The zero-order chi connectivity index (χ0) is 26.0. The fourth-order valence-electron chi connectivity index (χ4n) is 3.57. The van der Waals surface area contributed by atoms with Crippen molar-refractivity contribution in [2.75, 3.05) is 11.5 Å². The minimum Gasteiger partial charge on any atom is -0.490 e. The van der Waals surface area contributed by atoms with Gasteiger partial charge in [0.1, 0.15) is 6.61 Å². The van der Waals surface area contributed by atoms with E-state index in [1.54, 1.807) is 17.0 Å². The molecule has 1 saturated heterocycles. The van der Waals surface area contributed by atoms with Gasteiger partial charge in [0.15, 0.2) is 15.8 Å². The van der Waals surface area contributed by atoms with Crippen LogP contribution in [0.5, 0.6) is 11.5 Å². The predicted molar refractivity (Wildman–Crippen MR) is 158 cm³/mol. The molecule has 1 heterocycles. The van der Waals surface area contributed by atoms with Crippen molar-refractivity contribution in [1.29, 1.82) is 0 Å². The predicted octanol–water partition coefficient (Wildman–Crippen LogP) is 8.76. The molecule has 3 aromatic carbocycles. The van der Waals surface area contributed by atoms with Crippen molar-refractivity contribution < 1.29 is 14.3 Å². The van der Waals surface area contributed by atoms with Crippen molar-refractivity contribution >= 4 is 85.1 Å². The summed E-state index contributed by atoms with van der Waals surface area (Å²) in [6.07, 6.45) is 1.82. The highest BCUT2D eigenvalue weighted by Crippen LogP contribution is 2.41. The normalized spacial score (nSPS) is 14.6. The Morgan fingerprint density at radius 1 is 1.03 bits per heavy atom. The zero-order valence-corrected chi connectivity index (χ0v) is 24.5. The second-order valence-electron chi connectivity index (χ2n) is 8.09. The molecule has 3 aromatic rings. The van der Waals surface area contributed by atoms with Crippen LogP contribution in [0.15, 0.2) is 57.9 Å². The molecule has 4 nitrogen and oxygen atoms in total. The Hall–Kier alpha value is -2.03. The summed E-state index contributed by atoms with van der Waals surface area (Å²) in [5.41, 5.74) is 4.69. The number of anilines is 1. The van der Waals surface area contributed by atoms with E-state index in [2.05, 4.69) is 15.9 Å². The molecule has 4 rings (SSSR count). The molecule has 9 heteroatoms. The number of amides is 1. The lowest BCUT2D eigenvalue weighted by molar-refractivity contribution is -0.113. The molecular weight excluding hydrogens is 601 g/mol. The summed E-state index contributed by atoms with van der Waals surface area (Å²) in [7, 11) is 0. The first-order chi connectivity index (χ1) is 17.2. The molecule has 0 aliphatic carbocycles. The third-order valence-corrected chi connectivity index (χ3v) is 8.17. The number of carbonyl (C=O) groups is 1. The third-order valence-electron chi connectivity index (χ3n) is 5.54. The molecule has 0 radical (unpaired) electrons. The lowest BCUT2D eigenvalue weighted by Gasteiger charge is -2.16. The summed E-state index contributed by atoms with van der Waals surface area (Å²) in [4.78, 5) is 15.4. The van der Waals surface area contributed by atoms with E-state index in [4.69, 9.17) is 44.9 Å². The number of halogens is 3. The number of rotatable bonds is 7. The molecule has 0 saturated carbocycles. The van der Waals surface area contributed by atoms with Gasteiger partial charge in [0.2, 0.25) is 0 Å². The quantitative estimate of drug-likeness (QED) is 0.195. The first-order valence-electron chi connectivity index (χ1n) is 11.1. The van der Waals surface area contributed by atoms with Gasteiger partial charge in [-0.15, -0.1) is 0 Å². The van der Waals surface area contributed by atoms with Crippen molar-refractivity contribution in [3.05, 3.63) is 90.2 Å². The maximum atomic E-state index is 13.3. The van der Waals surface area contributed by atoms with Gasteiger partial charge in [-0.3, -0.25) is 9.69 Å². The first-order valence-corrected chi connectivity index (χ1v) is 13.8. The summed E-state index contributed by atoms with van der Waals surface area (Å²) in [6.45, 7) is 6.69. The molecule has 0 bridgehead atoms. The number of thioether (sulfide) groups is 1. The van der Waals surface area contributed by atoms with Crippen molar-refractivity contribution in [2.24, 2.45) is 0 Å². The summed E-state index contributed by atoms with van der Waals surface area (Å²) in [5, 5.41) is 0.958. The van der Waals surface area contributed by atoms with E-state index in [1.165, 1.54) is 11.8 Å². The Kier molecular flexibility index (Phi) is 8.68. The monoisotopic (exact) mass is 621 g/mol. The first kappa shape index (κ1) is 27.0. The van der Waals surface area contributed by atoms with Gasteiger partial charge in [0.25, 0.3) is 5.91 Å². The van der Waals surface area contributed by atoms with Crippen LogP contribution in [-0.2, 0) is 11.4 Å². The summed E-state index contributed by atoms with van der Waals surface area (Å²) >= 11 is 22.5. The highest BCUT2D eigenvalue weighted by atomic mass is 79.9. The van der Waals surface area contributed by atoms with Gasteiger partial charge in [0, 0.05) is 0 Å². The van der Waals surface area contributed by atoms with Gasteiger partial charge in [-0.2, -0.15) is 0 Å². The smallest absolute Gasteiger partial charge is 0.270 e. The van der Waals surface area contributed by atoms with Crippen LogP contribution in [0.4, 0.5) is 5.69 Å². The number of aryl methyl sites for hydroxylation is 2. The van der Waals surface area contributed by atoms with Gasteiger partial charge < -0.3 is 9.47 Å². The Balaban J connectivity index is 1.60. The van der Waals surface area contributed by atoms with Gasteiger partial charge in [-0.25, -0.2) is 0 Å². The number of ether oxygens (including phenoxy) is 2. The van der Waals surface area contributed by atoms with Crippen molar-refractivity contribution in [3.8, 4) is 11.5 Å². The van der Waals surface area contributed by atoms with E-state index in [9.17, 15) is 4.79 Å². The Bertz CT molecular complexity index is 1390. The molecule has 1 fully saturated rings. The fourth-order valence-corrected chi connectivity index (χ4v) is 5.76. The average molecular weight is 623 g/mol. The van der Waals surface area contributed by atoms with Crippen LogP contribution in [0.25, 0.3) is 6.08 Å². The Labute approximate surface area is 238 Å². The third kappa shape index (κ3) is 5.92. The van der Waals surface area contributed by atoms with Gasteiger partial charge in [-0.05, 0) is 101 Å². The maximum Gasteiger partial charge on any atom is 0.270 e. The molecule has 0 atom stereocenters. The van der Waals surface area contributed by atoms with Crippen LogP contribution in [0.3, 0.4) is 0 Å². The standard InChI is InChI=1S/C27H22BrCl2NO3S2/c1-4-33-23-12-18(10-20(28)25(23)34-14-17-6-8-21(29)22(30)11-17)13-24-26(32)31(27(35)36-24)19-7-5-15(2)16(3)9-19/h5-13H,4,14H2,1-3H3. The van der Waals surface area contributed by atoms with Crippen LogP contribution in [0.2, 0.25) is 10.0 Å². The Morgan fingerprint density at radius 2 is 1.81 bits per heavy atom. The maximum absolute atomic E-state index is 13.3. The van der Waals surface area contributed by atoms with Crippen LogP contribution < -0.4 is 14.4 Å². The minimum absolute atomic E-state index is 0.151. The molecule has 1 aliphatic heterocycles. The number of hydrogen-bond acceptors (Lipinski definition) is 5. The van der Waals surface area contributed by atoms with Crippen LogP contribution in [0.1, 0.15) is 29.2 Å². The van der Waals surface area contributed by atoms with Gasteiger partial charge >= 0.3 is 0 Å². The van der Waals surface area contributed by atoms with Crippen LogP contribution in [-0.4, -0.2) is 16.8 Å². The zero-order valence-electron chi connectivity index (χ0n) is 19.7. The van der Waals surface area contributed by atoms with Crippen molar-refractivity contribution in [2.45, 2.75) is 27.4 Å². The van der Waals surface area contributed by atoms with E-state index in [0.29, 0.717) is 41.8 Å². The molecule has 1 amide bonds. The number of carbonyl (C=O) groups excluding carboxylic acids is 1. The minimum atomic E-state index is -0.151. The van der Waals surface area contributed by atoms with Crippen molar-refractivity contribution in [1.82, 2.24) is 0 Å². The molecule has 0 aromatic heterocycles. The second-order valence-corrected chi connectivity index (χ2v) is 11.4. The largest absolute Gasteiger partial charge is 0.490 e. The molecule has 36 heavy (non-hydrogen) atoms. The van der Waals surface area contributed by atoms with Gasteiger partial charge in [-0.1, -0.05) is 59.3 Å². The lowest BCUT2D eigenvalue weighted by atomic mass is 10.1. The number of hydrogen-bond donors (Lipinski definition) is 0. The van der Waals surface area contributed by atoms with E-state index >= 15 is 0 Å². The van der Waals surface area contributed by atoms with E-state index in [0.717, 1.165) is 27.9 Å². The van der Waals surface area contributed by atoms with E-state index < -0.39 is 0 Å². The number of thiocarbonyl (C=S) groups is 1. The molecule has 0 spiro atoms. The van der Waals surface area contributed by atoms with Crippen LogP contribution in [0, 0.1) is 13.8 Å². The molecule has 1 aliphatic rings. The molecule has 186 valence electrons. The van der Waals surface area contributed by atoms with Crippen molar-refractivity contribution in [3.63, 3.8) is 0 Å². The fraction of sp³-hybridized carbons (Fsp3) is 0.185. The van der Waals surface area contributed by atoms with E-state index in [1.807, 2.05) is 63.2 Å². The average Bonchev–Trinajstić information content (AvgIpc) is 3.10. The number of benzene rings is 3. The van der Waals surface area contributed by atoms with E-state index in [-0.39, 0.29) is 12.5 Å². The lowest BCUT2D eigenvalue weighted by Crippen LogP contribution is -2.27. The summed E-state index contributed by atoms with van der Waals surface area (Å²) in [5.74, 6) is 0.966.